The van der Waals surface area contributed by atoms with E-state index in [-0.39, 0.29) is 0 Å². The van der Waals surface area contributed by atoms with Crippen molar-refractivity contribution in [2.24, 2.45) is 0 Å². The van der Waals surface area contributed by atoms with Crippen LogP contribution in [0.15, 0.2) is 54.6 Å². The summed E-state index contributed by atoms with van der Waals surface area (Å²) in [5.41, 5.74) is 4.32. The maximum Gasteiger partial charge on any atom is 0.0419 e. The smallest absolute Gasteiger partial charge is 0.0419 e. The molecule has 2 unspecified atom stereocenters. The second-order valence-electron chi connectivity index (χ2n) is 5.07. The number of benzene rings is 2. The molecule has 1 aliphatic heterocycles. The van der Waals surface area contributed by atoms with Gasteiger partial charge in [-0.05, 0) is 23.6 Å². The minimum Gasteiger partial charge on any atom is -0.303 e. The first-order valence-electron chi connectivity index (χ1n) is 6.81. The molecule has 1 nitrogen and oxygen atoms in total. The fourth-order valence-electron chi connectivity index (χ4n) is 2.66. The molecule has 0 aromatic heterocycles. The predicted octanol–water partition coefficient (Wildman–Crippen LogP) is 4.33. The summed E-state index contributed by atoms with van der Waals surface area (Å²) in [6.45, 7) is 2.25. The van der Waals surface area contributed by atoms with Crippen molar-refractivity contribution in [1.82, 2.24) is 5.32 Å². The van der Waals surface area contributed by atoms with E-state index in [0.29, 0.717) is 12.1 Å². The highest BCUT2D eigenvalue weighted by molar-refractivity contribution is 7.98. The van der Waals surface area contributed by atoms with Crippen LogP contribution < -0.4 is 5.32 Å². The summed E-state index contributed by atoms with van der Waals surface area (Å²) in [6.07, 6.45) is 0. The third-order valence-electron chi connectivity index (χ3n) is 3.72. The van der Waals surface area contributed by atoms with Gasteiger partial charge in [0.15, 0.2) is 0 Å². The standard InChI is InChI=1S/C17H19NS/c1-13(14-7-3-2-4-8-14)18-17-12-19-11-15-9-5-6-10-16(15)17/h2-10,13,17-18H,11-12H2,1H3. The zero-order valence-corrected chi connectivity index (χ0v) is 12.0. The molecule has 98 valence electrons. The Hall–Kier alpha value is -1.25. The molecule has 1 N–H and O–H groups in total. The van der Waals surface area contributed by atoms with E-state index in [1.54, 1.807) is 0 Å². The molecule has 1 heterocycles. The number of hydrogen-bond acceptors (Lipinski definition) is 2. The maximum absolute atomic E-state index is 3.77. The molecular weight excluding hydrogens is 250 g/mol. The summed E-state index contributed by atoms with van der Waals surface area (Å²) < 4.78 is 0. The summed E-state index contributed by atoms with van der Waals surface area (Å²) in [7, 11) is 0. The quantitative estimate of drug-likeness (QED) is 0.890. The molecule has 3 rings (SSSR count). The fraction of sp³-hybridized carbons (Fsp3) is 0.294. The third-order valence-corrected chi connectivity index (χ3v) is 4.81. The van der Waals surface area contributed by atoms with Crippen LogP contribution in [-0.2, 0) is 5.75 Å². The van der Waals surface area contributed by atoms with E-state index in [4.69, 9.17) is 0 Å². The predicted molar refractivity (Wildman–Crippen MR) is 83.3 cm³/mol. The molecule has 19 heavy (non-hydrogen) atoms. The van der Waals surface area contributed by atoms with Crippen LogP contribution in [-0.4, -0.2) is 5.75 Å². The van der Waals surface area contributed by atoms with Crippen LogP contribution in [0.2, 0.25) is 0 Å². The molecule has 1 aliphatic rings. The minimum atomic E-state index is 0.387. The zero-order chi connectivity index (χ0) is 13.1. The molecule has 0 radical (unpaired) electrons. The van der Waals surface area contributed by atoms with Gasteiger partial charge in [0.2, 0.25) is 0 Å². The van der Waals surface area contributed by atoms with Crippen LogP contribution in [0, 0.1) is 0 Å². The zero-order valence-electron chi connectivity index (χ0n) is 11.2. The van der Waals surface area contributed by atoms with Crippen LogP contribution in [0.1, 0.15) is 35.7 Å². The Morgan fingerprint density at radius 1 is 1.05 bits per heavy atom. The van der Waals surface area contributed by atoms with E-state index in [2.05, 4.69) is 66.8 Å². The van der Waals surface area contributed by atoms with E-state index >= 15 is 0 Å². The van der Waals surface area contributed by atoms with Gasteiger partial charge in [0.05, 0.1) is 0 Å². The van der Waals surface area contributed by atoms with Gasteiger partial charge in [-0.15, -0.1) is 0 Å². The number of thioether (sulfide) groups is 1. The van der Waals surface area contributed by atoms with Crippen molar-refractivity contribution >= 4 is 11.8 Å². The average molecular weight is 269 g/mol. The van der Waals surface area contributed by atoms with Crippen molar-refractivity contribution < 1.29 is 0 Å². The molecule has 2 heteroatoms. The Labute approximate surface area is 119 Å². The van der Waals surface area contributed by atoms with E-state index in [9.17, 15) is 0 Å². The topological polar surface area (TPSA) is 12.0 Å². The highest BCUT2D eigenvalue weighted by Gasteiger charge is 2.21. The molecule has 0 amide bonds. The largest absolute Gasteiger partial charge is 0.303 e. The van der Waals surface area contributed by atoms with Crippen molar-refractivity contribution in [3.8, 4) is 0 Å². The molecule has 0 spiro atoms. The lowest BCUT2D eigenvalue weighted by molar-refractivity contribution is 0.496. The van der Waals surface area contributed by atoms with Gasteiger partial charge in [-0.25, -0.2) is 0 Å². The van der Waals surface area contributed by atoms with E-state index in [0.717, 1.165) is 11.5 Å². The number of hydrogen-bond donors (Lipinski definition) is 1. The summed E-state index contributed by atoms with van der Waals surface area (Å²) >= 11 is 2.02. The number of fused-ring (bicyclic) bond motifs is 1. The normalized spacial score (nSPS) is 19.7. The second kappa shape index (κ2) is 5.81. The highest BCUT2D eigenvalue weighted by Crippen LogP contribution is 2.32. The van der Waals surface area contributed by atoms with Crippen molar-refractivity contribution in [3.05, 3.63) is 71.3 Å². The van der Waals surface area contributed by atoms with Gasteiger partial charge >= 0.3 is 0 Å². The molecule has 0 aliphatic carbocycles. The van der Waals surface area contributed by atoms with Crippen LogP contribution in [0.3, 0.4) is 0 Å². The van der Waals surface area contributed by atoms with Gasteiger partial charge in [-0.3, -0.25) is 0 Å². The van der Waals surface area contributed by atoms with Crippen LogP contribution in [0.25, 0.3) is 0 Å². The SMILES string of the molecule is CC(NC1CSCc2ccccc21)c1ccccc1. The van der Waals surface area contributed by atoms with Crippen molar-refractivity contribution in [1.29, 1.82) is 0 Å². The first-order chi connectivity index (χ1) is 9.34. The first kappa shape index (κ1) is 12.8. The Kier molecular flexibility index (Phi) is 3.90. The van der Waals surface area contributed by atoms with E-state index in [1.165, 1.54) is 16.7 Å². The molecule has 0 bridgehead atoms. The molecular formula is C17H19NS. The fourth-order valence-corrected chi connectivity index (χ4v) is 3.77. The third kappa shape index (κ3) is 2.85. The lowest BCUT2D eigenvalue weighted by Gasteiger charge is -2.29. The van der Waals surface area contributed by atoms with Gasteiger partial charge in [-0.1, -0.05) is 54.6 Å². The Morgan fingerprint density at radius 2 is 1.79 bits per heavy atom. The minimum absolute atomic E-state index is 0.387. The summed E-state index contributed by atoms with van der Waals surface area (Å²) in [4.78, 5) is 0. The Morgan fingerprint density at radius 3 is 2.63 bits per heavy atom. The van der Waals surface area contributed by atoms with E-state index < -0.39 is 0 Å². The van der Waals surface area contributed by atoms with Crippen LogP contribution >= 0.6 is 11.8 Å². The molecule has 0 saturated carbocycles. The Bertz CT molecular complexity index is 538. The number of rotatable bonds is 3. The average Bonchev–Trinajstić information content (AvgIpc) is 2.48. The van der Waals surface area contributed by atoms with Crippen molar-refractivity contribution in [2.75, 3.05) is 5.75 Å². The lowest BCUT2D eigenvalue weighted by atomic mass is 10.00. The van der Waals surface area contributed by atoms with Gasteiger partial charge in [0.25, 0.3) is 0 Å². The molecule has 2 aromatic rings. The monoisotopic (exact) mass is 269 g/mol. The first-order valence-corrected chi connectivity index (χ1v) is 7.96. The molecule has 0 fully saturated rings. The van der Waals surface area contributed by atoms with Crippen molar-refractivity contribution in [3.63, 3.8) is 0 Å². The van der Waals surface area contributed by atoms with Gasteiger partial charge < -0.3 is 5.32 Å². The van der Waals surface area contributed by atoms with Crippen molar-refractivity contribution in [2.45, 2.75) is 24.8 Å². The lowest BCUT2D eigenvalue weighted by Crippen LogP contribution is -2.29. The Balaban J connectivity index is 1.78. The summed E-state index contributed by atoms with van der Waals surface area (Å²) in [5.74, 6) is 2.31. The second-order valence-corrected chi connectivity index (χ2v) is 6.10. The van der Waals surface area contributed by atoms with Crippen LogP contribution in [0.5, 0.6) is 0 Å². The van der Waals surface area contributed by atoms with Gasteiger partial charge in [-0.2, -0.15) is 11.8 Å². The number of nitrogens with one attached hydrogen (secondary N) is 1. The molecule has 2 atom stereocenters. The molecule has 2 aromatic carbocycles. The highest BCUT2D eigenvalue weighted by atomic mass is 32.2. The summed E-state index contributed by atoms with van der Waals surface area (Å²) in [5, 5.41) is 3.77. The van der Waals surface area contributed by atoms with Crippen LogP contribution in [0.4, 0.5) is 0 Å². The van der Waals surface area contributed by atoms with Gasteiger partial charge in [0.1, 0.15) is 0 Å². The summed E-state index contributed by atoms with van der Waals surface area (Å²) in [6, 6.07) is 20.3. The maximum atomic E-state index is 3.77. The van der Waals surface area contributed by atoms with E-state index in [1.807, 2.05) is 11.8 Å². The van der Waals surface area contributed by atoms with Gasteiger partial charge in [0, 0.05) is 23.6 Å². The molecule has 0 saturated heterocycles.